The first kappa shape index (κ1) is 10.8. The van der Waals surface area contributed by atoms with E-state index in [1.807, 2.05) is 24.3 Å². The number of pyridine rings is 1. The third kappa shape index (κ3) is 2.83. The fourth-order valence-corrected chi connectivity index (χ4v) is 4.66. The summed E-state index contributed by atoms with van der Waals surface area (Å²) in [6, 6.07) is 12.8. The molecule has 2 aromatic heterocycles. The van der Waals surface area contributed by atoms with Crippen molar-refractivity contribution in [2.45, 2.75) is 46.3 Å². The van der Waals surface area contributed by atoms with Crippen LogP contribution in [0, 0.1) is 0 Å². The molecule has 0 fully saturated rings. The Morgan fingerprint density at radius 3 is 2.77 bits per heavy atom. The van der Waals surface area contributed by atoms with E-state index in [0.717, 1.165) is 31.3 Å². The zero-order valence-corrected chi connectivity index (χ0v) is 15.9. The number of nitrogens with zero attached hydrogens (tertiary/aromatic N) is 1. The van der Waals surface area contributed by atoms with Crippen molar-refractivity contribution in [3.8, 4) is 11.3 Å². The van der Waals surface area contributed by atoms with Crippen molar-refractivity contribution in [1.82, 2.24) is 4.98 Å². The summed E-state index contributed by atoms with van der Waals surface area (Å²) in [5.74, 6) is 0.165. The molecule has 0 aliphatic rings. The van der Waals surface area contributed by atoms with Crippen LogP contribution in [0.4, 0.5) is 0 Å². The SMILES string of the molecule is [2H]C([2H])(C)c1cc2sc3c(-c4cc(C([2H])([2H])C([2H])([2H])[2H])ccn4)cccc3c2cc1C(C)C. The largest absolute Gasteiger partial charge is 0.256 e. The number of fused-ring (bicyclic) bond motifs is 3. The van der Waals surface area contributed by atoms with Crippen LogP contribution in [-0.4, -0.2) is 4.98 Å². The van der Waals surface area contributed by atoms with Gasteiger partial charge in [-0.1, -0.05) is 45.8 Å². The van der Waals surface area contributed by atoms with Gasteiger partial charge in [-0.25, -0.2) is 0 Å². The molecule has 4 rings (SSSR count). The third-order valence-electron chi connectivity index (χ3n) is 4.74. The van der Waals surface area contributed by atoms with Crippen molar-refractivity contribution in [2.24, 2.45) is 0 Å². The van der Waals surface area contributed by atoms with Gasteiger partial charge in [-0.15, -0.1) is 11.3 Å². The fraction of sp³-hybridized carbons (Fsp3) is 0.292. The fourth-order valence-electron chi connectivity index (χ4n) is 3.41. The molecule has 0 aliphatic carbocycles. The zero-order valence-electron chi connectivity index (χ0n) is 22.1. The molecule has 0 saturated carbocycles. The topological polar surface area (TPSA) is 12.9 Å². The first-order valence-electron chi connectivity index (χ1n) is 12.2. The summed E-state index contributed by atoms with van der Waals surface area (Å²) in [6.45, 7) is 2.90. The number of rotatable bonds is 4. The van der Waals surface area contributed by atoms with Crippen molar-refractivity contribution in [3.05, 3.63) is 65.4 Å². The van der Waals surface area contributed by atoms with Crippen molar-refractivity contribution in [3.63, 3.8) is 0 Å². The standard InChI is InChI=1S/C24H25NS/c1-5-16-10-11-25-22(12-16)19-9-7-8-18-21-14-20(15(3)4)17(6-2)13-23(21)26-24(18)19/h7-15H,5-6H2,1-4H3/i1D3,5D2,6D2. The number of benzene rings is 2. The molecule has 1 nitrogen and oxygen atoms in total. The molecular weight excluding hydrogens is 334 g/mol. The van der Waals surface area contributed by atoms with Gasteiger partial charge in [0, 0.05) is 41.5 Å². The molecule has 4 aromatic rings. The Morgan fingerprint density at radius 2 is 2.00 bits per heavy atom. The quantitative estimate of drug-likeness (QED) is 0.367. The van der Waals surface area contributed by atoms with E-state index in [1.54, 1.807) is 18.3 Å². The van der Waals surface area contributed by atoms with Crippen LogP contribution >= 0.6 is 11.3 Å². The molecule has 0 aliphatic heterocycles. The van der Waals surface area contributed by atoms with Gasteiger partial charge in [0.1, 0.15) is 0 Å². The molecule has 132 valence electrons. The highest BCUT2D eigenvalue weighted by atomic mass is 32.1. The molecule has 0 amide bonds. The molecule has 2 heteroatoms. The highest BCUT2D eigenvalue weighted by Crippen LogP contribution is 2.41. The average molecular weight is 367 g/mol. The maximum absolute atomic E-state index is 8.31. The summed E-state index contributed by atoms with van der Waals surface area (Å²) in [5, 5.41) is 2.06. The van der Waals surface area contributed by atoms with Crippen LogP contribution < -0.4 is 0 Å². The van der Waals surface area contributed by atoms with Gasteiger partial charge in [-0.3, -0.25) is 4.98 Å². The van der Waals surface area contributed by atoms with Gasteiger partial charge in [-0.05, 0) is 59.6 Å². The van der Waals surface area contributed by atoms with Gasteiger partial charge in [0.15, 0.2) is 0 Å². The van der Waals surface area contributed by atoms with Crippen LogP contribution in [0.1, 0.15) is 59.8 Å². The van der Waals surface area contributed by atoms with Crippen LogP contribution in [0.15, 0.2) is 48.7 Å². The first-order chi connectivity index (χ1) is 15.2. The number of hydrogen-bond donors (Lipinski definition) is 0. The first-order valence-corrected chi connectivity index (χ1v) is 9.50. The van der Waals surface area contributed by atoms with Crippen molar-refractivity contribution in [1.29, 1.82) is 0 Å². The smallest absolute Gasteiger partial charge is 0.0719 e. The molecule has 2 heterocycles. The molecule has 0 spiro atoms. The van der Waals surface area contributed by atoms with E-state index >= 15 is 0 Å². The van der Waals surface area contributed by atoms with E-state index in [9.17, 15) is 0 Å². The van der Waals surface area contributed by atoms with Gasteiger partial charge < -0.3 is 0 Å². The summed E-state index contributed by atoms with van der Waals surface area (Å²) in [6.07, 6.45) is -2.52. The lowest BCUT2D eigenvalue weighted by atomic mass is 9.93. The zero-order chi connectivity index (χ0) is 24.3. The van der Waals surface area contributed by atoms with Crippen LogP contribution in [-0.2, 0) is 12.7 Å². The van der Waals surface area contributed by atoms with Crippen LogP contribution in [0.5, 0.6) is 0 Å². The van der Waals surface area contributed by atoms with Crippen molar-refractivity contribution in [2.75, 3.05) is 0 Å². The van der Waals surface area contributed by atoms with Crippen LogP contribution in [0.3, 0.4) is 0 Å². The Balaban J connectivity index is 1.96. The number of hydrogen-bond acceptors (Lipinski definition) is 2. The summed E-state index contributed by atoms with van der Waals surface area (Å²) in [4.78, 5) is 4.42. The molecule has 0 radical (unpaired) electrons. The maximum Gasteiger partial charge on any atom is 0.0719 e. The summed E-state index contributed by atoms with van der Waals surface area (Å²) >= 11 is 1.54. The second-order valence-electron chi connectivity index (χ2n) is 6.68. The minimum Gasteiger partial charge on any atom is -0.256 e. The molecule has 0 N–H and O–H groups in total. The Kier molecular flexibility index (Phi) is 2.85. The maximum atomic E-state index is 8.31. The van der Waals surface area contributed by atoms with Crippen LogP contribution in [0.2, 0.25) is 0 Å². The lowest BCUT2D eigenvalue weighted by molar-refractivity contribution is 0.847. The van der Waals surface area contributed by atoms with E-state index in [1.165, 1.54) is 18.3 Å². The lowest BCUT2D eigenvalue weighted by Crippen LogP contribution is -1.94. The van der Waals surface area contributed by atoms with Gasteiger partial charge >= 0.3 is 0 Å². The predicted molar refractivity (Wildman–Crippen MR) is 115 cm³/mol. The second-order valence-corrected chi connectivity index (χ2v) is 7.73. The molecular formula is C24H25NS. The molecule has 2 aromatic carbocycles. The summed E-state index contributed by atoms with van der Waals surface area (Å²) in [7, 11) is 0. The minimum atomic E-state index is -2.79. The van der Waals surface area contributed by atoms with Gasteiger partial charge in [0.05, 0.1) is 5.69 Å². The van der Waals surface area contributed by atoms with Gasteiger partial charge in [0.25, 0.3) is 0 Å². The molecule has 0 atom stereocenters. The van der Waals surface area contributed by atoms with Crippen LogP contribution in [0.25, 0.3) is 31.4 Å². The molecule has 0 saturated heterocycles. The van der Waals surface area contributed by atoms with E-state index in [2.05, 4.69) is 24.9 Å². The van der Waals surface area contributed by atoms with E-state index in [0.29, 0.717) is 11.3 Å². The lowest BCUT2D eigenvalue weighted by Gasteiger charge is -2.12. The minimum absolute atomic E-state index is 0.0640. The highest BCUT2D eigenvalue weighted by Gasteiger charge is 2.14. The van der Waals surface area contributed by atoms with Crippen molar-refractivity contribution < 1.29 is 9.60 Å². The highest BCUT2D eigenvalue weighted by molar-refractivity contribution is 7.26. The summed E-state index contributed by atoms with van der Waals surface area (Å²) in [5.41, 5.74) is 3.03. The number of aromatic nitrogens is 1. The number of thiophene rings is 1. The Morgan fingerprint density at radius 1 is 1.12 bits per heavy atom. The van der Waals surface area contributed by atoms with Gasteiger partial charge in [0.2, 0.25) is 0 Å². The normalized spacial score (nSPS) is 17.3. The Bertz CT molecular complexity index is 1350. The molecule has 26 heavy (non-hydrogen) atoms. The van der Waals surface area contributed by atoms with Crippen molar-refractivity contribution >= 4 is 31.5 Å². The van der Waals surface area contributed by atoms with E-state index < -0.39 is 19.6 Å². The molecule has 0 unspecified atom stereocenters. The van der Waals surface area contributed by atoms with E-state index in [-0.39, 0.29) is 11.5 Å². The average Bonchev–Trinajstić information content (AvgIpc) is 3.09. The van der Waals surface area contributed by atoms with E-state index in [4.69, 9.17) is 9.60 Å². The Labute approximate surface area is 169 Å². The third-order valence-corrected chi connectivity index (χ3v) is 5.94. The predicted octanol–water partition coefficient (Wildman–Crippen LogP) is 7.36. The molecule has 0 bridgehead atoms. The Hall–Kier alpha value is -2.19. The number of aryl methyl sites for hydroxylation is 2. The summed E-state index contributed by atoms with van der Waals surface area (Å²) < 4.78 is 57.5. The van der Waals surface area contributed by atoms with Gasteiger partial charge in [-0.2, -0.15) is 0 Å². The monoisotopic (exact) mass is 366 g/mol. The second kappa shape index (κ2) is 6.85.